The van der Waals surface area contributed by atoms with Gasteiger partial charge in [-0.3, -0.25) is 14.5 Å². The maximum absolute atomic E-state index is 12.3. The van der Waals surface area contributed by atoms with E-state index in [2.05, 4.69) is 4.74 Å². The second-order valence-corrected chi connectivity index (χ2v) is 6.40. The molecule has 22 heavy (non-hydrogen) atoms. The van der Waals surface area contributed by atoms with Gasteiger partial charge in [-0.25, -0.2) is 4.79 Å². The molecule has 1 heterocycles. The van der Waals surface area contributed by atoms with Gasteiger partial charge in [0.2, 0.25) is 0 Å². The van der Waals surface area contributed by atoms with Crippen LogP contribution in [0.3, 0.4) is 0 Å². The molecular weight excluding hydrogens is 322 g/mol. The zero-order chi connectivity index (χ0) is 16.3. The Labute approximate surface area is 137 Å². The van der Waals surface area contributed by atoms with E-state index in [0.717, 1.165) is 27.1 Å². The Morgan fingerprint density at radius 1 is 1.32 bits per heavy atom. The normalized spacial score (nSPS) is 18.0. The lowest BCUT2D eigenvalue weighted by Gasteiger charge is -2.18. The standard InChI is InChI=1S/C15H15NO4S2/c1-9(14(18)20-2)16-13(17)12(22-15(16)19)8-10-4-6-11(21-3)7-5-10/h4-9H,1-3H3/b12-8+/t9-/m0/s1. The minimum absolute atomic E-state index is 0.303. The highest BCUT2D eigenvalue weighted by atomic mass is 32.2. The topological polar surface area (TPSA) is 63.7 Å². The van der Waals surface area contributed by atoms with Gasteiger partial charge in [0.25, 0.3) is 11.1 Å². The molecule has 2 amide bonds. The summed E-state index contributed by atoms with van der Waals surface area (Å²) in [5.74, 6) is -1.09. The van der Waals surface area contributed by atoms with Crippen LogP contribution in [0.1, 0.15) is 12.5 Å². The van der Waals surface area contributed by atoms with E-state index >= 15 is 0 Å². The maximum Gasteiger partial charge on any atom is 0.328 e. The number of hydrogen-bond donors (Lipinski definition) is 0. The number of esters is 1. The lowest BCUT2D eigenvalue weighted by molar-refractivity contribution is -0.148. The van der Waals surface area contributed by atoms with Crippen molar-refractivity contribution in [2.45, 2.75) is 17.9 Å². The molecule has 0 saturated carbocycles. The Morgan fingerprint density at radius 3 is 2.50 bits per heavy atom. The van der Waals surface area contributed by atoms with Crippen molar-refractivity contribution < 1.29 is 19.1 Å². The molecule has 1 fully saturated rings. The molecule has 116 valence electrons. The summed E-state index contributed by atoms with van der Waals surface area (Å²) in [6.45, 7) is 1.47. The molecule has 5 nitrogen and oxygen atoms in total. The van der Waals surface area contributed by atoms with Gasteiger partial charge in [0, 0.05) is 4.90 Å². The third kappa shape index (κ3) is 3.36. The highest BCUT2D eigenvalue weighted by Gasteiger charge is 2.41. The fourth-order valence-corrected chi connectivity index (χ4v) is 3.26. The first-order valence-electron chi connectivity index (χ1n) is 6.47. The molecule has 1 aliphatic heterocycles. The van der Waals surface area contributed by atoms with Gasteiger partial charge in [-0.05, 0) is 48.7 Å². The average Bonchev–Trinajstić information content (AvgIpc) is 2.80. The second-order valence-electron chi connectivity index (χ2n) is 4.52. The third-order valence-corrected chi connectivity index (χ3v) is 4.79. The number of nitrogens with zero attached hydrogens (tertiary/aromatic N) is 1. The van der Waals surface area contributed by atoms with Crippen molar-refractivity contribution in [1.29, 1.82) is 0 Å². The van der Waals surface area contributed by atoms with Crippen molar-refractivity contribution in [3.63, 3.8) is 0 Å². The zero-order valence-electron chi connectivity index (χ0n) is 12.4. The van der Waals surface area contributed by atoms with E-state index in [4.69, 9.17) is 0 Å². The fourth-order valence-electron chi connectivity index (χ4n) is 1.94. The predicted octanol–water partition coefficient (Wildman–Crippen LogP) is 3.01. The molecule has 1 atom stereocenters. The van der Waals surface area contributed by atoms with Crippen molar-refractivity contribution >= 4 is 46.7 Å². The molecule has 1 aromatic rings. The number of hydrogen-bond acceptors (Lipinski definition) is 6. The first kappa shape index (κ1) is 16.6. The number of carbonyl (C=O) groups is 3. The van der Waals surface area contributed by atoms with Crippen LogP contribution in [0.2, 0.25) is 0 Å². The monoisotopic (exact) mass is 337 g/mol. The molecule has 0 aromatic heterocycles. The first-order valence-corrected chi connectivity index (χ1v) is 8.51. The smallest absolute Gasteiger partial charge is 0.328 e. The molecule has 0 aliphatic carbocycles. The summed E-state index contributed by atoms with van der Waals surface area (Å²) in [7, 11) is 1.22. The Morgan fingerprint density at radius 2 is 1.95 bits per heavy atom. The lowest BCUT2D eigenvalue weighted by Crippen LogP contribution is -2.42. The lowest BCUT2D eigenvalue weighted by atomic mass is 10.2. The summed E-state index contributed by atoms with van der Waals surface area (Å²) in [4.78, 5) is 38.1. The van der Waals surface area contributed by atoms with Crippen molar-refractivity contribution in [3.05, 3.63) is 34.7 Å². The summed E-state index contributed by atoms with van der Waals surface area (Å²) in [6.07, 6.45) is 3.63. The van der Waals surface area contributed by atoms with Crippen LogP contribution in [0.25, 0.3) is 6.08 Å². The average molecular weight is 337 g/mol. The number of carbonyl (C=O) groups excluding carboxylic acids is 3. The van der Waals surface area contributed by atoms with E-state index in [1.807, 2.05) is 30.5 Å². The Balaban J connectivity index is 2.23. The van der Waals surface area contributed by atoms with Crippen LogP contribution in [0, 0.1) is 0 Å². The van der Waals surface area contributed by atoms with Crippen molar-refractivity contribution in [2.75, 3.05) is 13.4 Å². The van der Waals surface area contributed by atoms with Gasteiger partial charge in [0.15, 0.2) is 0 Å². The highest BCUT2D eigenvalue weighted by Crippen LogP contribution is 2.34. The summed E-state index contributed by atoms with van der Waals surface area (Å²) in [5, 5.41) is -0.463. The van der Waals surface area contributed by atoms with E-state index in [-0.39, 0.29) is 0 Å². The van der Waals surface area contributed by atoms with Crippen LogP contribution in [0.15, 0.2) is 34.1 Å². The molecular formula is C15H15NO4S2. The van der Waals surface area contributed by atoms with Crippen molar-refractivity contribution in [1.82, 2.24) is 4.90 Å². The van der Waals surface area contributed by atoms with Gasteiger partial charge in [-0.2, -0.15) is 0 Å². The minimum atomic E-state index is -0.928. The molecule has 1 aromatic carbocycles. The molecule has 2 rings (SSSR count). The number of benzene rings is 1. The highest BCUT2D eigenvalue weighted by molar-refractivity contribution is 8.18. The van der Waals surface area contributed by atoms with E-state index in [1.165, 1.54) is 14.0 Å². The molecule has 0 bridgehead atoms. The van der Waals surface area contributed by atoms with Gasteiger partial charge in [-0.1, -0.05) is 12.1 Å². The van der Waals surface area contributed by atoms with E-state index in [9.17, 15) is 14.4 Å². The van der Waals surface area contributed by atoms with Crippen LogP contribution in [-0.2, 0) is 14.3 Å². The maximum atomic E-state index is 12.3. The number of imide groups is 1. The third-order valence-electron chi connectivity index (χ3n) is 3.17. The molecule has 1 aliphatic rings. The van der Waals surface area contributed by atoms with Gasteiger partial charge < -0.3 is 4.74 Å². The number of ether oxygens (including phenoxy) is 1. The summed E-state index contributed by atoms with van der Waals surface area (Å²) >= 11 is 2.45. The van der Waals surface area contributed by atoms with Crippen molar-refractivity contribution in [3.8, 4) is 0 Å². The molecule has 0 spiro atoms. The Hall–Kier alpha value is -1.73. The first-order chi connectivity index (χ1) is 10.5. The van der Waals surface area contributed by atoms with Crippen molar-refractivity contribution in [2.24, 2.45) is 0 Å². The minimum Gasteiger partial charge on any atom is -0.467 e. The van der Waals surface area contributed by atoms with Gasteiger partial charge in [-0.15, -0.1) is 11.8 Å². The van der Waals surface area contributed by atoms with Gasteiger partial charge in [0.05, 0.1) is 12.0 Å². The zero-order valence-corrected chi connectivity index (χ0v) is 14.0. The van der Waals surface area contributed by atoms with Crippen LogP contribution in [0.4, 0.5) is 4.79 Å². The molecule has 0 unspecified atom stereocenters. The molecule has 0 radical (unpaired) electrons. The van der Waals surface area contributed by atoms with Crippen LogP contribution in [-0.4, -0.2) is 41.4 Å². The van der Waals surface area contributed by atoms with Gasteiger partial charge >= 0.3 is 5.97 Å². The molecule has 7 heteroatoms. The summed E-state index contributed by atoms with van der Waals surface area (Å²) in [6, 6.07) is 6.71. The number of thioether (sulfide) groups is 2. The second kappa shape index (κ2) is 7.02. The van der Waals surface area contributed by atoms with Crippen LogP contribution in [0.5, 0.6) is 0 Å². The quantitative estimate of drug-likeness (QED) is 0.478. The SMILES string of the molecule is COC(=O)[C@H](C)N1C(=O)S/C(=C/c2ccc(SC)cc2)C1=O. The van der Waals surface area contributed by atoms with Crippen LogP contribution < -0.4 is 0 Å². The number of amides is 2. The largest absolute Gasteiger partial charge is 0.467 e. The van der Waals surface area contributed by atoms with E-state index in [1.54, 1.807) is 17.8 Å². The van der Waals surface area contributed by atoms with E-state index < -0.39 is 23.2 Å². The fraction of sp³-hybridized carbons (Fsp3) is 0.267. The van der Waals surface area contributed by atoms with Gasteiger partial charge in [0.1, 0.15) is 6.04 Å². The molecule has 0 N–H and O–H groups in total. The number of rotatable bonds is 4. The predicted molar refractivity (Wildman–Crippen MR) is 87.5 cm³/mol. The van der Waals surface area contributed by atoms with E-state index in [0.29, 0.717) is 4.91 Å². The summed E-state index contributed by atoms with van der Waals surface area (Å²) < 4.78 is 4.58. The molecule has 1 saturated heterocycles. The Bertz CT molecular complexity index is 639. The van der Waals surface area contributed by atoms with Crippen LogP contribution >= 0.6 is 23.5 Å². The number of methoxy groups -OCH3 is 1. The Kier molecular flexibility index (Phi) is 5.31. The summed E-state index contributed by atoms with van der Waals surface area (Å²) in [5.41, 5.74) is 0.828.